The number of anilines is 1. The molecule has 0 radical (unpaired) electrons. The Bertz CT molecular complexity index is 854. The van der Waals surface area contributed by atoms with Gasteiger partial charge in [0.15, 0.2) is 5.13 Å². The maximum atomic E-state index is 12.3. The lowest BCUT2D eigenvalue weighted by Gasteiger charge is -2.18. The van der Waals surface area contributed by atoms with E-state index in [2.05, 4.69) is 10.3 Å². The van der Waals surface area contributed by atoms with Crippen LogP contribution in [-0.2, 0) is 4.79 Å². The van der Waals surface area contributed by atoms with Gasteiger partial charge in [-0.1, -0.05) is 23.2 Å². The molecule has 0 aliphatic heterocycles. The Morgan fingerprint density at radius 2 is 1.88 bits per heavy atom. The van der Waals surface area contributed by atoms with E-state index in [1.54, 1.807) is 20.2 Å². The van der Waals surface area contributed by atoms with Crippen LogP contribution >= 0.6 is 34.5 Å². The summed E-state index contributed by atoms with van der Waals surface area (Å²) in [7, 11) is 4.73. The molecule has 10 heteroatoms. The van der Waals surface area contributed by atoms with Crippen LogP contribution < -0.4 is 5.32 Å². The van der Waals surface area contributed by atoms with Crippen LogP contribution in [0.3, 0.4) is 0 Å². The first-order valence-corrected chi connectivity index (χ1v) is 9.00. The zero-order valence-electron chi connectivity index (χ0n) is 14.2. The Kier molecular flexibility index (Phi) is 6.57. The number of amides is 3. The highest BCUT2D eigenvalue weighted by Gasteiger charge is 2.20. The molecule has 0 atom stereocenters. The Balaban J connectivity index is 2.06. The maximum absolute atomic E-state index is 12.3. The van der Waals surface area contributed by atoms with Crippen LogP contribution in [-0.4, -0.2) is 60.2 Å². The highest BCUT2D eigenvalue weighted by atomic mass is 35.5. The minimum Gasteiger partial charge on any atom is -0.347 e. The summed E-state index contributed by atoms with van der Waals surface area (Å²) < 4.78 is 0. The van der Waals surface area contributed by atoms with Crippen LogP contribution in [0, 0.1) is 0 Å². The number of nitrogens with zero attached hydrogens (tertiary/aromatic N) is 3. The summed E-state index contributed by atoms with van der Waals surface area (Å²) in [5.74, 6) is -1.08. The van der Waals surface area contributed by atoms with E-state index >= 15 is 0 Å². The third-order valence-electron chi connectivity index (χ3n) is 3.34. The number of rotatable bonds is 5. The molecule has 0 spiro atoms. The van der Waals surface area contributed by atoms with Crippen molar-refractivity contribution in [3.8, 4) is 0 Å². The first kappa shape index (κ1) is 20.2. The molecule has 1 aromatic heterocycles. The summed E-state index contributed by atoms with van der Waals surface area (Å²) in [5, 5.41) is 4.98. The molecule has 0 saturated carbocycles. The molecular weight excluding hydrogens is 399 g/mol. The van der Waals surface area contributed by atoms with Crippen molar-refractivity contribution in [3.05, 3.63) is 44.9 Å². The number of aromatic nitrogens is 1. The van der Waals surface area contributed by atoms with E-state index in [1.165, 1.54) is 34.4 Å². The molecule has 0 aliphatic rings. The van der Waals surface area contributed by atoms with Crippen molar-refractivity contribution in [3.63, 3.8) is 0 Å². The average molecular weight is 415 g/mol. The molecule has 0 unspecified atom stereocenters. The van der Waals surface area contributed by atoms with Crippen LogP contribution in [0.1, 0.15) is 20.8 Å². The minimum absolute atomic E-state index is 0.0641. The topological polar surface area (TPSA) is 82.6 Å². The summed E-state index contributed by atoms with van der Waals surface area (Å²) >= 11 is 12.9. The molecule has 1 N–H and O–H groups in total. The van der Waals surface area contributed by atoms with Crippen molar-refractivity contribution in [2.75, 3.05) is 33.0 Å². The summed E-state index contributed by atoms with van der Waals surface area (Å²) in [6.07, 6.45) is 0. The number of likely N-dealkylation sites (N-methyl/N-ethyl adjacent to an activating group) is 2. The molecule has 138 valence electrons. The lowest BCUT2D eigenvalue weighted by atomic mass is 10.2. The molecule has 26 heavy (non-hydrogen) atoms. The number of carbonyl (C=O) groups excluding carboxylic acids is 3. The number of nitrogens with one attached hydrogen (secondary N) is 1. The van der Waals surface area contributed by atoms with Gasteiger partial charge in [-0.05, 0) is 18.2 Å². The van der Waals surface area contributed by atoms with Gasteiger partial charge in [0.2, 0.25) is 5.91 Å². The fourth-order valence-electron chi connectivity index (χ4n) is 1.88. The molecule has 7 nitrogen and oxygen atoms in total. The molecule has 0 saturated heterocycles. The molecule has 1 aromatic carbocycles. The van der Waals surface area contributed by atoms with Gasteiger partial charge in [0.05, 0.1) is 17.1 Å². The van der Waals surface area contributed by atoms with Gasteiger partial charge in [-0.15, -0.1) is 11.3 Å². The predicted octanol–water partition coefficient (Wildman–Crippen LogP) is 2.86. The van der Waals surface area contributed by atoms with Crippen molar-refractivity contribution in [1.29, 1.82) is 0 Å². The van der Waals surface area contributed by atoms with E-state index in [9.17, 15) is 14.4 Å². The molecule has 2 rings (SSSR count). The standard InChI is InChI=1S/C16H16Cl2N4O3S/c1-21(2)13(23)7-22(3)15(25)12-8-26-16(19-12)20-14(24)10-5-4-9(17)6-11(10)18/h4-6,8H,7H2,1-3H3,(H,19,20,24). The lowest BCUT2D eigenvalue weighted by Crippen LogP contribution is -2.37. The second kappa shape index (κ2) is 8.48. The Hall–Kier alpha value is -2.16. The van der Waals surface area contributed by atoms with Gasteiger partial charge in [-0.3, -0.25) is 19.7 Å². The summed E-state index contributed by atoms with van der Waals surface area (Å²) in [4.78, 5) is 43.0. The second-order valence-electron chi connectivity index (χ2n) is 5.57. The fraction of sp³-hybridized carbons (Fsp3) is 0.250. The van der Waals surface area contributed by atoms with Crippen molar-refractivity contribution < 1.29 is 14.4 Å². The van der Waals surface area contributed by atoms with Crippen LogP contribution in [0.4, 0.5) is 5.13 Å². The number of thiazole rings is 1. The van der Waals surface area contributed by atoms with Crippen LogP contribution in [0.2, 0.25) is 10.0 Å². The quantitative estimate of drug-likeness (QED) is 0.814. The minimum atomic E-state index is -0.462. The Morgan fingerprint density at radius 1 is 1.19 bits per heavy atom. The van der Waals surface area contributed by atoms with E-state index in [4.69, 9.17) is 23.2 Å². The van der Waals surface area contributed by atoms with E-state index < -0.39 is 11.8 Å². The van der Waals surface area contributed by atoms with Gasteiger partial charge in [-0.25, -0.2) is 4.98 Å². The van der Waals surface area contributed by atoms with Gasteiger partial charge in [-0.2, -0.15) is 0 Å². The number of hydrogen-bond donors (Lipinski definition) is 1. The highest BCUT2D eigenvalue weighted by molar-refractivity contribution is 7.14. The number of halogens is 2. The fourth-order valence-corrected chi connectivity index (χ4v) is 3.05. The zero-order chi connectivity index (χ0) is 19.4. The molecule has 3 amide bonds. The number of hydrogen-bond acceptors (Lipinski definition) is 5. The molecule has 1 heterocycles. The van der Waals surface area contributed by atoms with E-state index in [-0.39, 0.29) is 33.9 Å². The van der Waals surface area contributed by atoms with Crippen molar-refractivity contribution in [1.82, 2.24) is 14.8 Å². The summed E-state index contributed by atoms with van der Waals surface area (Å²) in [6, 6.07) is 4.52. The first-order valence-electron chi connectivity index (χ1n) is 7.36. The largest absolute Gasteiger partial charge is 0.347 e. The molecule has 0 aliphatic carbocycles. The molecule has 0 bridgehead atoms. The van der Waals surface area contributed by atoms with E-state index in [0.717, 1.165) is 11.3 Å². The van der Waals surface area contributed by atoms with Crippen LogP contribution in [0.5, 0.6) is 0 Å². The summed E-state index contributed by atoms with van der Waals surface area (Å²) in [6.45, 7) is -0.0641. The van der Waals surface area contributed by atoms with Crippen LogP contribution in [0.15, 0.2) is 23.6 Å². The molecule has 0 fully saturated rings. The Labute approximate surface area is 164 Å². The predicted molar refractivity (Wildman–Crippen MR) is 102 cm³/mol. The number of benzene rings is 1. The van der Waals surface area contributed by atoms with Gasteiger partial charge < -0.3 is 9.80 Å². The first-order chi connectivity index (χ1) is 12.2. The van der Waals surface area contributed by atoms with Gasteiger partial charge in [0.25, 0.3) is 11.8 Å². The Morgan fingerprint density at radius 3 is 2.50 bits per heavy atom. The van der Waals surface area contributed by atoms with Gasteiger partial charge in [0, 0.05) is 31.5 Å². The molecule has 2 aromatic rings. The number of carbonyl (C=O) groups is 3. The van der Waals surface area contributed by atoms with E-state index in [1.807, 2.05) is 0 Å². The lowest BCUT2D eigenvalue weighted by molar-refractivity contribution is -0.129. The van der Waals surface area contributed by atoms with Crippen molar-refractivity contribution in [2.45, 2.75) is 0 Å². The highest BCUT2D eigenvalue weighted by Crippen LogP contribution is 2.23. The smallest absolute Gasteiger partial charge is 0.273 e. The third kappa shape index (κ3) is 4.94. The normalized spacial score (nSPS) is 10.3. The SMILES string of the molecule is CN(C)C(=O)CN(C)C(=O)c1csc(NC(=O)c2ccc(Cl)cc2Cl)n1. The zero-order valence-corrected chi connectivity index (χ0v) is 16.6. The second-order valence-corrected chi connectivity index (χ2v) is 7.27. The van der Waals surface area contributed by atoms with E-state index in [0.29, 0.717) is 5.02 Å². The third-order valence-corrected chi connectivity index (χ3v) is 4.64. The maximum Gasteiger partial charge on any atom is 0.273 e. The monoisotopic (exact) mass is 414 g/mol. The molecular formula is C16H16Cl2N4O3S. The van der Waals surface area contributed by atoms with Crippen molar-refractivity contribution >= 4 is 57.4 Å². The van der Waals surface area contributed by atoms with Crippen molar-refractivity contribution in [2.24, 2.45) is 0 Å². The van der Waals surface area contributed by atoms with Gasteiger partial charge in [0.1, 0.15) is 5.69 Å². The van der Waals surface area contributed by atoms with Crippen LogP contribution in [0.25, 0.3) is 0 Å². The average Bonchev–Trinajstić information content (AvgIpc) is 3.02. The summed E-state index contributed by atoms with van der Waals surface area (Å²) in [5.41, 5.74) is 0.384. The van der Waals surface area contributed by atoms with Gasteiger partial charge >= 0.3 is 0 Å².